The number of fused-ring (bicyclic) bond motifs is 6. The van der Waals surface area contributed by atoms with Crippen LogP contribution in [-0.4, -0.2) is 0 Å². The largest absolute Gasteiger partial charge is 0.417 e. The van der Waals surface area contributed by atoms with Crippen LogP contribution in [0.3, 0.4) is 0 Å². The highest BCUT2D eigenvalue weighted by molar-refractivity contribution is 5.72. The van der Waals surface area contributed by atoms with Gasteiger partial charge in [-0.15, -0.1) is 0 Å². The van der Waals surface area contributed by atoms with Gasteiger partial charge in [-0.1, -0.05) is 48.5 Å². The van der Waals surface area contributed by atoms with Crippen LogP contribution in [0.5, 0.6) is 0 Å². The molecule has 0 saturated heterocycles. The summed E-state index contributed by atoms with van der Waals surface area (Å²) >= 11 is 0. The lowest BCUT2D eigenvalue weighted by atomic mass is 9.59. The molecule has 240 valence electrons. The van der Waals surface area contributed by atoms with E-state index >= 15 is 0 Å². The smallest absolute Gasteiger partial charge is 0.200 e. The van der Waals surface area contributed by atoms with Crippen molar-refractivity contribution in [2.45, 2.75) is 42.8 Å². The Morgan fingerprint density at radius 1 is 0.596 bits per heavy atom. The molecule has 3 atom stereocenters. The Hall–Kier alpha value is -4.67. The van der Waals surface area contributed by atoms with Gasteiger partial charge in [-0.3, -0.25) is 0 Å². The van der Waals surface area contributed by atoms with Crippen LogP contribution in [0.25, 0.3) is 33.6 Å². The van der Waals surface area contributed by atoms with Crippen LogP contribution in [0.15, 0.2) is 103 Å². The van der Waals surface area contributed by atoms with Gasteiger partial charge in [0.25, 0.3) is 0 Å². The molecule has 0 spiro atoms. The van der Waals surface area contributed by atoms with Gasteiger partial charge in [-0.25, -0.2) is 4.57 Å². The molecule has 2 nitrogen and oxygen atoms in total. The third-order valence-electron chi connectivity index (χ3n) is 9.31. The minimum atomic E-state index is -5.90. The number of rotatable bonds is 3. The maximum absolute atomic E-state index is 14.7. The van der Waals surface area contributed by atoms with E-state index in [1.165, 1.54) is 12.1 Å². The van der Waals surface area contributed by atoms with E-state index in [4.69, 9.17) is 0 Å². The van der Waals surface area contributed by atoms with E-state index in [-0.39, 0.29) is 18.2 Å². The number of halogens is 9. The summed E-state index contributed by atoms with van der Waals surface area (Å²) < 4.78 is 132. The van der Waals surface area contributed by atoms with E-state index in [2.05, 4.69) is 0 Å². The molecule has 1 saturated carbocycles. The molecule has 3 heterocycles. The van der Waals surface area contributed by atoms with E-state index in [1.54, 1.807) is 22.9 Å². The second-order valence-corrected chi connectivity index (χ2v) is 11.9. The lowest BCUT2D eigenvalue weighted by Gasteiger charge is -2.46. The normalized spacial score (nSPS) is 19.0. The number of hydrogen-bond acceptors (Lipinski definition) is 0. The predicted molar refractivity (Wildman–Crippen MR) is 155 cm³/mol. The molecule has 0 bridgehead atoms. The van der Waals surface area contributed by atoms with E-state index in [1.807, 2.05) is 78.5 Å². The zero-order valence-corrected chi connectivity index (χ0v) is 24.6. The van der Waals surface area contributed by atoms with Gasteiger partial charge in [0.1, 0.15) is 7.05 Å². The predicted octanol–water partition coefficient (Wildman–Crippen LogP) is 9.68. The molecule has 0 amide bonds. The van der Waals surface area contributed by atoms with Crippen molar-refractivity contribution in [1.82, 2.24) is 0 Å². The van der Waals surface area contributed by atoms with Crippen molar-refractivity contribution >= 4 is 0 Å². The standard InChI is InChI=1S/C36H25F9N2/c1-46-19-21(20-9-3-2-4-10-20)14-15-28(46)23-12-6-5-11-22(23)24-17-26-30-25(29-13-7-8-16-47(29)33(24)26)18-27(34(37,38)39)31(35(40,41)42)32(30)36(43,44)45/h2-16,18-19,24,26,33H,17H2,1H3/q+2. The summed E-state index contributed by atoms with van der Waals surface area (Å²) in [4.78, 5) is 0. The zero-order chi connectivity index (χ0) is 33.5. The Labute approximate surface area is 263 Å². The summed E-state index contributed by atoms with van der Waals surface area (Å²) in [5.41, 5.74) is -4.18. The third-order valence-corrected chi connectivity index (χ3v) is 9.31. The topological polar surface area (TPSA) is 7.76 Å². The fourth-order valence-electron chi connectivity index (χ4n) is 7.42. The van der Waals surface area contributed by atoms with E-state index in [0.717, 1.165) is 27.9 Å². The minimum Gasteiger partial charge on any atom is -0.200 e. The summed E-state index contributed by atoms with van der Waals surface area (Å²) in [5.74, 6) is -1.56. The van der Waals surface area contributed by atoms with Crippen molar-refractivity contribution in [3.05, 3.63) is 131 Å². The van der Waals surface area contributed by atoms with Gasteiger partial charge in [0.15, 0.2) is 18.4 Å². The van der Waals surface area contributed by atoms with Crippen LogP contribution in [0, 0.1) is 0 Å². The highest BCUT2D eigenvalue weighted by Crippen LogP contribution is 2.62. The van der Waals surface area contributed by atoms with Gasteiger partial charge in [0.05, 0.1) is 22.3 Å². The van der Waals surface area contributed by atoms with Crippen LogP contribution in [0.4, 0.5) is 39.5 Å². The first kappa shape index (κ1) is 31.0. The second kappa shape index (κ2) is 10.7. The number of aryl methyl sites for hydroxylation is 1. The molecular weight excluding hydrogens is 631 g/mol. The lowest BCUT2D eigenvalue weighted by molar-refractivity contribution is -0.732. The summed E-state index contributed by atoms with van der Waals surface area (Å²) in [7, 11) is 1.87. The molecule has 11 heteroatoms. The quantitative estimate of drug-likeness (QED) is 0.135. The van der Waals surface area contributed by atoms with Crippen LogP contribution in [0.1, 0.15) is 52.1 Å². The lowest BCUT2D eigenvalue weighted by Crippen LogP contribution is -2.56. The number of pyridine rings is 2. The van der Waals surface area contributed by atoms with Crippen molar-refractivity contribution in [3.8, 4) is 33.6 Å². The molecule has 3 unspecified atom stereocenters. The minimum absolute atomic E-state index is 0.00609. The molecule has 3 aromatic carbocycles. The molecule has 1 aliphatic heterocycles. The van der Waals surface area contributed by atoms with Gasteiger partial charge >= 0.3 is 18.5 Å². The Bertz CT molecular complexity index is 2010. The number of nitrogens with zero attached hydrogens (tertiary/aromatic N) is 2. The molecule has 0 N–H and O–H groups in total. The first-order valence-corrected chi connectivity index (χ1v) is 14.7. The first-order valence-electron chi connectivity index (χ1n) is 14.7. The summed E-state index contributed by atoms with van der Waals surface area (Å²) in [6.45, 7) is 0. The van der Waals surface area contributed by atoms with Crippen LogP contribution >= 0.6 is 0 Å². The fourth-order valence-corrected chi connectivity index (χ4v) is 7.42. The van der Waals surface area contributed by atoms with Crippen LogP contribution in [-0.2, 0) is 25.6 Å². The molecule has 5 aromatic rings. The number of aromatic nitrogens is 2. The maximum Gasteiger partial charge on any atom is 0.417 e. The summed E-state index contributed by atoms with van der Waals surface area (Å²) in [6, 6.07) is 24.8. The van der Waals surface area contributed by atoms with Gasteiger partial charge < -0.3 is 0 Å². The Kier molecular flexibility index (Phi) is 7.04. The summed E-state index contributed by atoms with van der Waals surface area (Å²) in [5, 5.41) is 0. The number of hydrogen-bond donors (Lipinski definition) is 0. The van der Waals surface area contributed by atoms with Crippen molar-refractivity contribution in [2.24, 2.45) is 7.05 Å². The van der Waals surface area contributed by atoms with Crippen LogP contribution < -0.4 is 9.13 Å². The average molecular weight is 657 g/mol. The molecule has 7 rings (SSSR count). The van der Waals surface area contributed by atoms with Crippen LogP contribution in [0.2, 0.25) is 0 Å². The number of benzene rings is 3. The Balaban J connectivity index is 1.40. The molecule has 0 radical (unpaired) electrons. The molecular formula is C36H25F9N2+2. The summed E-state index contributed by atoms with van der Waals surface area (Å²) in [6.07, 6.45) is -13.7. The average Bonchev–Trinajstić information content (AvgIpc) is 2.99. The van der Waals surface area contributed by atoms with Gasteiger partial charge in [-0.2, -0.15) is 44.1 Å². The second-order valence-electron chi connectivity index (χ2n) is 11.9. The zero-order valence-electron chi connectivity index (χ0n) is 24.6. The van der Waals surface area contributed by atoms with E-state index in [9.17, 15) is 39.5 Å². The van der Waals surface area contributed by atoms with Crippen molar-refractivity contribution < 1.29 is 48.6 Å². The molecule has 2 aromatic heterocycles. The van der Waals surface area contributed by atoms with Crippen molar-refractivity contribution in [3.63, 3.8) is 0 Å². The SMILES string of the molecule is C[n+]1cc(-c2ccccc2)ccc1-c1ccccc1C1CC2c3c(cc(C(F)(F)F)c(C(F)(F)F)c3C(F)(F)F)-c3cccc[n+]3C12. The number of alkyl halides is 9. The molecule has 1 fully saturated rings. The van der Waals surface area contributed by atoms with Gasteiger partial charge in [0.2, 0.25) is 11.4 Å². The Morgan fingerprint density at radius 3 is 1.91 bits per heavy atom. The maximum atomic E-state index is 14.7. The third kappa shape index (κ3) is 5.07. The van der Waals surface area contributed by atoms with Gasteiger partial charge in [-0.05, 0) is 47.4 Å². The van der Waals surface area contributed by atoms with Gasteiger partial charge in [0, 0.05) is 41.2 Å². The van der Waals surface area contributed by atoms with E-state index in [0.29, 0.717) is 0 Å². The molecule has 1 aliphatic carbocycles. The Morgan fingerprint density at radius 2 is 1.26 bits per heavy atom. The van der Waals surface area contributed by atoms with Crippen molar-refractivity contribution in [2.75, 3.05) is 0 Å². The highest BCUT2D eigenvalue weighted by atomic mass is 19.4. The fraction of sp³-hybridized carbons (Fsp3) is 0.222. The molecule has 47 heavy (non-hydrogen) atoms. The first-order chi connectivity index (χ1) is 22.2. The van der Waals surface area contributed by atoms with Crippen molar-refractivity contribution in [1.29, 1.82) is 0 Å². The highest BCUT2D eigenvalue weighted by Gasteiger charge is 2.60. The molecule has 2 aliphatic rings. The van der Waals surface area contributed by atoms with E-state index < -0.39 is 64.2 Å². The monoisotopic (exact) mass is 656 g/mol.